The molecule has 0 spiro atoms. The van der Waals surface area contributed by atoms with Crippen LogP contribution in [-0.4, -0.2) is 13.4 Å². The first-order valence-electron chi connectivity index (χ1n) is 7.60. The second-order valence-electron chi connectivity index (χ2n) is 5.44. The molecule has 1 atom stereocenters. The van der Waals surface area contributed by atoms with E-state index in [0.29, 0.717) is 12.1 Å². The van der Waals surface area contributed by atoms with Gasteiger partial charge in [-0.05, 0) is 13.0 Å². The van der Waals surface area contributed by atoms with E-state index in [4.69, 9.17) is 4.74 Å². The van der Waals surface area contributed by atoms with Crippen LogP contribution in [0.2, 0.25) is 0 Å². The van der Waals surface area contributed by atoms with Crippen molar-refractivity contribution in [3.63, 3.8) is 0 Å². The van der Waals surface area contributed by atoms with Gasteiger partial charge in [0, 0.05) is 29.3 Å². The molecule has 0 aliphatic rings. The lowest BCUT2D eigenvalue weighted by atomic mass is 10.1. The average Bonchev–Trinajstić information content (AvgIpc) is 3.10. The van der Waals surface area contributed by atoms with Crippen LogP contribution in [-0.2, 0) is 10.0 Å². The van der Waals surface area contributed by atoms with E-state index in [2.05, 4.69) is 9.71 Å². The van der Waals surface area contributed by atoms with Crippen molar-refractivity contribution >= 4 is 26.5 Å². The highest BCUT2D eigenvalue weighted by Gasteiger charge is 2.24. The molecule has 0 aliphatic carbocycles. The van der Waals surface area contributed by atoms with Gasteiger partial charge in [0.1, 0.15) is 22.6 Å². The number of sulfonamides is 1. The Bertz CT molecular complexity index is 1060. The Morgan fingerprint density at radius 1 is 1.11 bits per heavy atom. The van der Waals surface area contributed by atoms with Crippen molar-refractivity contribution < 1.29 is 26.3 Å². The van der Waals surface area contributed by atoms with E-state index in [9.17, 15) is 21.6 Å². The zero-order valence-electron chi connectivity index (χ0n) is 13.8. The molecule has 27 heavy (non-hydrogen) atoms. The first-order valence-corrected chi connectivity index (χ1v) is 9.96. The van der Waals surface area contributed by atoms with Gasteiger partial charge in [-0.1, -0.05) is 18.2 Å². The maximum atomic E-state index is 14.3. The Morgan fingerprint density at radius 3 is 2.52 bits per heavy atom. The summed E-state index contributed by atoms with van der Waals surface area (Å²) in [7, 11) is -4.37. The molecule has 5 nitrogen and oxygen atoms in total. The summed E-state index contributed by atoms with van der Waals surface area (Å²) in [6.45, 7) is 1.46. The average molecular weight is 414 g/mol. The minimum absolute atomic E-state index is 0.0170. The number of benzene rings is 2. The van der Waals surface area contributed by atoms with Crippen molar-refractivity contribution in [2.75, 3.05) is 4.72 Å². The van der Waals surface area contributed by atoms with Gasteiger partial charge in [0.15, 0.2) is 16.7 Å². The van der Waals surface area contributed by atoms with Crippen LogP contribution in [0.3, 0.4) is 0 Å². The smallest absolute Gasteiger partial charge is 0.266 e. The first kappa shape index (κ1) is 19.2. The third-order valence-electron chi connectivity index (χ3n) is 3.58. The number of ether oxygens (including phenoxy) is 1. The molecule has 2 aromatic carbocycles. The molecule has 0 aliphatic heterocycles. The maximum Gasteiger partial charge on any atom is 0.266 e. The molecule has 0 unspecified atom stereocenters. The van der Waals surface area contributed by atoms with Crippen LogP contribution in [0.5, 0.6) is 5.75 Å². The number of thiazole rings is 1. The van der Waals surface area contributed by atoms with Crippen LogP contribution in [0.4, 0.5) is 18.3 Å². The summed E-state index contributed by atoms with van der Waals surface area (Å²) in [6, 6.07) is 6.85. The lowest BCUT2D eigenvalue weighted by Gasteiger charge is -2.17. The normalized spacial score (nSPS) is 12.6. The second-order valence-corrected chi connectivity index (χ2v) is 7.98. The highest BCUT2D eigenvalue weighted by Crippen LogP contribution is 2.30. The van der Waals surface area contributed by atoms with Crippen molar-refractivity contribution in [2.24, 2.45) is 0 Å². The third kappa shape index (κ3) is 4.22. The van der Waals surface area contributed by atoms with Crippen LogP contribution >= 0.6 is 11.3 Å². The van der Waals surface area contributed by atoms with Gasteiger partial charge in [-0.3, -0.25) is 4.72 Å². The van der Waals surface area contributed by atoms with E-state index in [-0.39, 0.29) is 10.7 Å². The van der Waals surface area contributed by atoms with E-state index >= 15 is 0 Å². The molecular weight excluding hydrogens is 401 g/mol. The van der Waals surface area contributed by atoms with Crippen LogP contribution in [0, 0.1) is 17.5 Å². The van der Waals surface area contributed by atoms with Gasteiger partial charge in [-0.2, -0.15) is 0 Å². The number of anilines is 1. The Kier molecular flexibility index (Phi) is 5.38. The van der Waals surface area contributed by atoms with E-state index in [0.717, 1.165) is 11.3 Å². The summed E-state index contributed by atoms with van der Waals surface area (Å²) in [5.41, 5.74) is 0.152. The van der Waals surface area contributed by atoms with Crippen molar-refractivity contribution in [3.05, 3.63) is 71.0 Å². The Labute approximate surface area is 157 Å². The molecule has 0 fully saturated rings. The van der Waals surface area contributed by atoms with Crippen LogP contribution in [0.25, 0.3) is 0 Å². The van der Waals surface area contributed by atoms with Gasteiger partial charge in [-0.25, -0.2) is 26.6 Å². The molecule has 0 saturated heterocycles. The molecule has 1 heterocycles. The summed E-state index contributed by atoms with van der Waals surface area (Å²) in [5.74, 6) is -3.40. The van der Waals surface area contributed by atoms with Crippen molar-refractivity contribution in [1.82, 2.24) is 4.98 Å². The molecule has 10 heteroatoms. The Hall–Kier alpha value is -2.59. The van der Waals surface area contributed by atoms with Gasteiger partial charge in [-0.15, -0.1) is 11.3 Å². The standard InChI is InChI=1S/C17H13F3N2O3S2/c1-10(11-4-2-3-5-12(11)18)25-15-8-14(20)16(9-13(15)19)27(23,24)22-17-21-6-7-26-17/h2-10H,1H3,(H,21,22)/t10-/m0/s1. The largest absolute Gasteiger partial charge is 0.483 e. The summed E-state index contributed by atoms with van der Waals surface area (Å²) in [5, 5.41) is 1.54. The van der Waals surface area contributed by atoms with Crippen LogP contribution in [0.15, 0.2) is 52.9 Å². The van der Waals surface area contributed by atoms with Crippen molar-refractivity contribution in [1.29, 1.82) is 0 Å². The topological polar surface area (TPSA) is 68.3 Å². The van der Waals surface area contributed by atoms with Crippen molar-refractivity contribution in [3.8, 4) is 5.75 Å². The molecule has 0 amide bonds. The summed E-state index contributed by atoms with van der Waals surface area (Å²) < 4.78 is 74.2. The van der Waals surface area contributed by atoms with E-state index in [1.54, 1.807) is 6.07 Å². The lowest BCUT2D eigenvalue weighted by Crippen LogP contribution is -2.15. The zero-order valence-corrected chi connectivity index (χ0v) is 15.5. The zero-order chi connectivity index (χ0) is 19.6. The van der Waals surface area contributed by atoms with E-state index < -0.39 is 44.2 Å². The molecule has 1 N–H and O–H groups in total. The van der Waals surface area contributed by atoms with Gasteiger partial charge in [0.25, 0.3) is 10.0 Å². The minimum atomic E-state index is -4.37. The van der Waals surface area contributed by atoms with Gasteiger partial charge in [0.2, 0.25) is 0 Å². The summed E-state index contributed by atoms with van der Waals surface area (Å²) in [6.07, 6.45) is 0.441. The highest BCUT2D eigenvalue weighted by molar-refractivity contribution is 7.93. The first-order chi connectivity index (χ1) is 12.8. The molecule has 3 aromatic rings. The number of hydrogen-bond acceptors (Lipinski definition) is 5. The summed E-state index contributed by atoms with van der Waals surface area (Å²) in [4.78, 5) is 2.84. The molecule has 1 aromatic heterocycles. The van der Waals surface area contributed by atoms with E-state index in [1.807, 2.05) is 0 Å². The number of halogens is 3. The quantitative estimate of drug-likeness (QED) is 0.645. The molecule has 3 rings (SSSR count). The van der Waals surface area contributed by atoms with Crippen LogP contribution < -0.4 is 9.46 Å². The molecule has 0 bridgehead atoms. The fraction of sp³-hybridized carbons (Fsp3) is 0.118. The second kappa shape index (κ2) is 7.57. The Balaban J connectivity index is 1.88. The van der Waals surface area contributed by atoms with Gasteiger partial charge >= 0.3 is 0 Å². The van der Waals surface area contributed by atoms with Crippen molar-refractivity contribution in [2.45, 2.75) is 17.9 Å². The predicted molar refractivity (Wildman–Crippen MR) is 94.7 cm³/mol. The maximum absolute atomic E-state index is 14.3. The predicted octanol–water partition coefficient (Wildman–Crippen LogP) is 4.50. The number of rotatable bonds is 6. The fourth-order valence-corrected chi connectivity index (χ4v) is 4.17. The van der Waals surface area contributed by atoms with E-state index in [1.165, 1.54) is 36.7 Å². The fourth-order valence-electron chi connectivity index (χ4n) is 2.31. The summed E-state index contributed by atoms with van der Waals surface area (Å²) >= 11 is 0.987. The van der Waals surface area contributed by atoms with Gasteiger partial charge < -0.3 is 4.74 Å². The Morgan fingerprint density at radius 2 is 1.85 bits per heavy atom. The molecule has 142 valence electrons. The molecule has 0 saturated carbocycles. The molecule has 0 radical (unpaired) electrons. The lowest BCUT2D eigenvalue weighted by molar-refractivity contribution is 0.210. The number of nitrogens with one attached hydrogen (secondary N) is 1. The third-order valence-corrected chi connectivity index (χ3v) is 5.75. The highest BCUT2D eigenvalue weighted by atomic mass is 32.2. The number of hydrogen-bond donors (Lipinski definition) is 1. The molecular formula is C17H13F3N2O3S2. The monoisotopic (exact) mass is 414 g/mol. The number of nitrogens with zero attached hydrogens (tertiary/aromatic N) is 1. The van der Waals surface area contributed by atoms with Crippen LogP contribution in [0.1, 0.15) is 18.6 Å². The minimum Gasteiger partial charge on any atom is -0.483 e. The SMILES string of the molecule is C[C@H](Oc1cc(F)c(S(=O)(=O)Nc2nccs2)cc1F)c1ccccc1F. The van der Waals surface area contributed by atoms with Gasteiger partial charge in [0.05, 0.1) is 0 Å². The number of aromatic nitrogens is 1.